The van der Waals surface area contributed by atoms with Crippen LogP contribution in [0.25, 0.3) is 0 Å². The molecule has 2 aromatic rings. The summed E-state index contributed by atoms with van der Waals surface area (Å²) in [7, 11) is 1.91. The van der Waals surface area contributed by atoms with Gasteiger partial charge in [0.2, 0.25) is 0 Å². The fraction of sp³-hybridized carbons (Fsp3) is 0.533. The Hall–Kier alpha value is -1.43. The largest absolute Gasteiger partial charge is 0.299 e. The van der Waals surface area contributed by atoms with E-state index < -0.39 is 0 Å². The van der Waals surface area contributed by atoms with Crippen molar-refractivity contribution in [2.24, 2.45) is 7.05 Å². The van der Waals surface area contributed by atoms with Gasteiger partial charge in [0, 0.05) is 37.7 Å². The Morgan fingerprint density at radius 2 is 1.81 bits per heavy atom. The second-order valence-corrected chi connectivity index (χ2v) is 6.12. The van der Waals surface area contributed by atoms with Gasteiger partial charge in [-0.15, -0.1) is 0 Å². The van der Waals surface area contributed by atoms with Gasteiger partial charge in [-0.25, -0.2) is 0 Å². The first kappa shape index (κ1) is 15.9. The van der Waals surface area contributed by atoms with Gasteiger partial charge in [-0.05, 0) is 43.6 Å². The first-order valence-electron chi connectivity index (χ1n) is 7.07. The van der Waals surface area contributed by atoms with Crippen LogP contribution in [0.5, 0.6) is 0 Å². The van der Waals surface area contributed by atoms with E-state index >= 15 is 0 Å². The number of nitrogens with zero attached hydrogens (tertiary/aromatic N) is 4. The molecule has 2 heterocycles. The highest BCUT2D eigenvalue weighted by Gasteiger charge is 2.18. The minimum atomic E-state index is 0.185. The highest BCUT2D eigenvalue weighted by atomic mass is 79.9. The van der Waals surface area contributed by atoms with Crippen LogP contribution in [0, 0.1) is 20.8 Å². The van der Waals surface area contributed by atoms with Gasteiger partial charge in [-0.2, -0.15) is 10.2 Å². The SMILES string of the molecule is CCn1nc(C)c(Br)c1CC(=O)Cc1c(C)nn(C)c1C. The van der Waals surface area contributed by atoms with Crippen LogP contribution in [-0.2, 0) is 31.2 Å². The molecule has 0 unspecified atom stereocenters. The fourth-order valence-corrected chi connectivity index (χ4v) is 2.98. The summed E-state index contributed by atoms with van der Waals surface area (Å²) in [6.07, 6.45) is 0.814. The maximum atomic E-state index is 12.4. The Labute approximate surface area is 133 Å². The molecule has 0 aliphatic heterocycles. The molecule has 0 amide bonds. The summed E-state index contributed by atoms with van der Waals surface area (Å²) >= 11 is 3.54. The normalized spacial score (nSPS) is 11.1. The smallest absolute Gasteiger partial charge is 0.143 e. The molecule has 2 aromatic heterocycles. The molecule has 0 aliphatic carbocycles. The van der Waals surface area contributed by atoms with Gasteiger partial charge < -0.3 is 0 Å². The summed E-state index contributed by atoms with van der Waals surface area (Å²) in [5, 5.41) is 8.79. The minimum absolute atomic E-state index is 0.185. The molecule has 0 aliphatic rings. The molecule has 0 radical (unpaired) electrons. The zero-order valence-corrected chi connectivity index (χ0v) is 14.8. The van der Waals surface area contributed by atoms with Gasteiger partial charge in [0.25, 0.3) is 0 Å². The van der Waals surface area contributed by atoms with Crippen molar-refractivity contribution in [3.63, 3.8) is 0 Å². The second kappa shape index (κ2) is 6.13. The summed E-state index contributed by atoms with van der Waals surface area (Å²) < 4.78 is 4.66. The average Bonchev–Trinajstić information content (AvgIpc) is 2.83. The molecule has 0 saturated heterocycles. The number of aromatic nitrogens is 4. The molecule has 21 heavy (non-hydrogen) atoms. The Bertz CT molecular complexity index is 684. The van der Waals surface area contributed by atoms with E-state index in [1.165, 1.54) is 0 Å². The zero-order valence-electron chi connectivity index (χ0n) is 13.2. The molecule has 0 atom stereocenters. The van der Waals surface area contributed by atoms with E-state index in [0.717, 1.165) is 39.4 Å². The first-order chi connectivity index (χ1) is 9.85. The quantitative estimate of drug-likeness (QED) is 0.831. The third kappa shape index (κ3) is 3.10. The summed E-state index contributed by atoms with van der Waals surface area (Å²) in [6.45, 7) is 8.69. The number of rotatable bonds is 5. The van der Waals surface area contributed by atoms with E-state index in [1.807, 2.05) is 44.1 Å². The Morgan fingerprint density at radius 1 is 1.14 bits per heavy atom. The molecule has 5 nitrogen and oxygen atoms in total. The molecule has 0 saturated carbocycles. The van der Waals surface area contributed by atoms with Crippen molar-refractivity contribution in [2.45, 2.75) is 47.1 Å². The maximum absolute atomic E-state index is 12.4. The third-order valence-corrected chi connectivity index (χ3v) is 4.88. The standard InChI is InChI=1S/C15H21BrN4O/c1-6-20-14(15(16)10(3)18-20)8-12(21)7-13-9(2)17-19(5)11(13)4/h6-8H2,1-5H3. The lowest BCUT2D eigenvalue weighted by atomic mass is 10.0. The lowest BCUT2D eigenvalue weighted by molar-refractivity contribution is -0.117. The van der Waals surface area contributed by atoms with Crippen LogP contribution in [0.4, 0.5) is 0 Å². The number of halogens is 1. The molecule has 0 bridgehead atoms. The van der Waals surface area contributed by atoms with Crippen LogP contribution in [0.1, 0.15) is 35.3 Å². The monoisotopic (exact) mass is 352 g/mol. The van der Waals surface area contributed by atoms with E-state index in [4.69, 9.17) is 0 Å². The maximum Gasteiger partial charge on any atom is 0.143 e. The van der Waals surface area contributed by atoms with Gasteiger partial charge in [-0.3, -0.25) is 14.2 Å². The predicted molar refractivity (Wildman–Crippen MR) is 85.4 cm³/mol. The van der Waals surface area contributed by atoms with Crippen molar-refractivity contribution in [3.8, 4) is 0 Å². The number of carbonyl (C=O) groups excluding carboxylic acids is 1. The van der Waals surface area contributed by atoms with Gasteiger partial charge in [-0.1, -0.05) is 0 Å². The van der Waals surface area contributed by atoms with Crippen molar-refractivity contribution >= 4 is 21.7 Å². The van der Waals surface area contributed by atoms with Crippen LogP contribution in [0.15, 0.2) is 4.47 Å². The third-order valence-electron chi connectivity index (χ3n) is 3.85. The minimum Gasteiger partial charge on any atom is -0.299 e. The number of carbonyl (C=O) groups is 1. The van der Waals surface area contributed by atoms with Gasteiger partial charge in [0.1, 0.15) is 5.78 Å². The number of hydrogen-bond acceptors (Lipinski definition) is 3. The molecular formula is C15H21BrN4O. The van der Waals surface area contributed by atoms with Crippen LogP contribution >= 0.6 is 15.9 Å². The topological polar surface area (TPSA) is 52.7 Å². The highest BCUT2D eigenvalue weighted by molar-refractivity contribution is 9.10. The lowest BCUT2D eigenvalue weighted by Crippen LogP contribution is -2.12. The van der Waals surface area contributed by atoms with Crippen molar-refractivity contribution < 1.29 is 4.79 Å². The molecule has 0 aromatic carbocycles. The lowest BCUT2D eigenvalue weighted by Gasteiger charge is -2.06. The van der Waals surface area contributed by atoms with Crippen LogP contribution in [-0.4, -0.2) is 25.3 Å². The van der Waals surface area contributed by atoms with Crippen molar-refractivity contribution in [3.05, 3.63) is 32.8 Å². The van der Waals surface area contributed by atoms with Crippen molar-refractivity contribution in [1.82, 2.24) is 19.6 Å². The van der Waals surface area contributed by atoms with Crippen LogP contribution in [0.3, 0.4) is 0 Å². The molecule has 0 spiro atoms. The summed E-state index contributed by atoms with van der Waals surface area (Å²) in [6, 6.07) is 0. The van der Waals surface area contributed by atoms with Gasteiger partial charge in [0.15, 0.2) is 0 Å². The Balaban J connectivity index is 2.19. The van der Waals surface area contributed by atoms with Crippen LogP contribution < -0.4 is 0 Å². The second-order valence-electron chi connectivity index (χ2n) is 5.33. The Morgan fingerprint density at radius 3 is 2.33 bits per heavy atom. The number of aryl methyl sites for hydroxylation is 4. The summed E-state index contributed by atoms with van der Waals surface area (Å²) in [5.74, 6) is 0.185. The first-order valence-corrected chi connectivity index (χ1v) is 7.87. The van der Waals surface area contributed by atoms with Crippen molar-refractivity contribution in [2.75, 3.05) is 0 Å². The number of hydrogen-bond donors (Lipinski definition) is 0. The van der Waals surface area contributed by atoms with Gasteiger partial charge >= 0.3 is 0 Å². The fourth-order valence-electron chi connectivity index (χ4n) is 2.56. The molecule has 0 N–H and O–H groups in total. The van der Waals surface area contributed by atoms with E-state index in [9.17, 15) is 4.79 Å². The molecule has 2 rings (SSSR count). The molecule has 0 fully saturated rings. The van der Waals surface area contributed by atoms with Crippen molar-refractivity contribution in [1.29, 1.82) is 0 Å². The average molecular weight is 353 g/mol. The molecule has 6 heteroatoms. The van der Waals surface area contributed by atoms with Crippen LogP contribution in [0.2, 0.25) is 0 Å². The summed E-state index contributed by atoms with van der Waals surface area (Å²) in [5.41, 5.74) is 4.91. The molecular weight excluding hydrogens is 332 g/mol. The molecule has 114 valence electrons. The van der Waals surface area contributed by atoms with Gasteiger partial charge in [0.05, 0.1) is 21.6 Å². The van der Waals surface area contributed by atoms with E-state index in [-0.39, 0.29) is 5.78 Å². The Kier molecular flexibility index (Phi) is 4.66. The van der Waals surface area contributed by atoms with E-state index in [1.54, 1.807) is 0 Å². The number of ketones is 1. The summed E-state index contributed by atoms with van der Waals surface area (Å²) in [4.78, 5) is 12.4. The van der Waals surface area contributed by atoms with E-state index in [0.29, 0.717) is 12.8 Å². The highest BCUT2D eigenvalue weighted by Crippen LogP contribution is 2.22. The van der Waals surface area contributed by atoms with E-state index in [2.05, 4.69) is 26.1 Å². The predicted octanol–water partition coefficient (Wildman–Crippen LogP) is 2.68. The number of Topliss-reactive ketones (excluding diaryl/α,β-unsaturated/α-hetero) is 1. The zero-order chi connectivity index (χ0) is 15.7.